The van der Waals surface area contributed by atoms with Gasteiger partial charge in [0.05, 0.1) is 7.11 Å². The third-order valence-electron chi connectivity index (χ3n) is 4.30. The fourth-order valence-electron chi connectivity index (χ4n) is 2.91. The predicted octanol–water partition coefficient (Wildman–Crippen LogP) is 2.33. The second-order valence-electron chi connectivity index (χ2n) is 5.86. The number of hydrogen-bond donors (Lipinski definition) is 2. The Bertz CT molecular complexity index is 435. The summed E-state index contributed by atoms with van der Waals surface area (Å²) in [6, 6.07) is 3.73. The maximum atomic E-state index is 11.3. The van der Waals surface area contributed by atoms with Crippen LogP contribution in [0.3, 0.4) is 0 Å². The summed E-state index contributed by atoms with van der Waals surface area (Å²) in [7, 11) is 1.40. The van der Waals surface area contributed by atoms with Crippen molar-refractivity contribution in [2.24, 2.45) is 17.8 Å². The Labute approximate surface area is 113 Å². The molecule has 0 amide bonds. The van der Waals surface area contributed by atoms with Crippen LogP contribution in [0, 0.1) is 17.8 Å². The van der Waals surface area contributed by atoms with Crippen LogP contribution in [-0.4, -0.2) is 24.6 Å². The number of ether oxygens (including phenoxy) is 1. The topological polar surface area (TPSA) is 54.1 Å². The molecule has 0 atom stereocenters. The van der Waals surface area contributed by atoms with E-state index in [2.05, 4.69) is 15.0 Å². The monoisotopic (exact) mass is 262 g/mol. The molecule has 19 heavy (non-hydrogen) atoms. The molecule has 0 radical (unpaired) electrons. The average molecular weight is 262 g/mol. The van der Waals surface area contributed by atoms with Crippen LogP contribution >= 0.6 is 0 Å². The second-order valence-corrected chi connectivity index (χ2v) is 5.86. The van der Waals surface area contributed by atoms with Crippen LogP contribution in [-0.2, 0) is 11.3 Å². The lowest BCUT2D eigenvalue weighted by Gasteiger charge is -2.15. The Morgan fingerprint density at radius 1 is 1.37 bits per heavy atom. The first-order valence-electron chi connectivity index (χ1n) is 7.25. The molecule has 0 aliphatic heterocycles. The van der Waals surface area contributed by atoms with E-state index in [4.69, 9.17) is 0 Å². The number of H-pyrrole nitrogens is 1. The predicted molar refractivity (Wildman–Crippen MR) is 72.8 cm³/mol. The fraction of sp³-hybridized carbons (Fsp3) is 0.667. The summed E-state index contributed by atoms with van der Waals surface area (Å²) in [6.45, 7) is 1.91. The number of carbonyl (C=O) groups excluding carboxylic acids is 1. The van der Waals surface area contributed by atoms with Gasteiger partial charge in [0, 0.05) is 12.2 Å². The van der Waals surface area contributed by atoms with Gasteiger partial charge in [0.25, 0.3) is 0 Å². The van der Waals surface area contributed by atoms with E-state index in [-0.39, 0.29) is 5.97 Å². The summed E-state index contributed by atoms with van der Waals surface area (Å²) >= 11 is 0. The minimum absolute atomic E-state index is 0.305. The summed E-state index contributed by atoms with van der Waals surface area (Å²) in [5.41, 5.74) is 1.57. The first kappa shape index (κ1) is 12.7. The fourth-order valence-corrected chi connectivity index (χ4v) is 2.91. The molecule has 3 rings (SSSR count). The zero-order chi connectivity index (χ0) is 13.2. The normalized spacial score (nSPS) is 18.8. The lowest BCUT2D eigenvalue weighted by Crippen LogP contribution is -2.25. The van der Waals surface area contributed by atoms with Gasteiger partial charge in [-0.1, -0.05) is 0 Å². The van der Waals surface area contributed by atoms with Crippen LogP contribution in [0.1, 0.15) is 41.9 Å². The highest BCUT2D eigenvalue weighted by molar-refractivity contribution is 5.87. The van der Waals surface area contributed by atoms with Gasteiger partial charge >= 0.3 is 5.97 Å². The van der Waals surface area contributed by atoms with E-state index >= 15 is 0 Å². The van der Waals surface area contributed by atoms with Gasteiger partial charge in [-0.3, -0.25) is 0 Å². The third-order valence-corrected chi connectivity index (χ3v) is 4.30. The van der Waals surface area contributed by atoms with Crippen molar-refractivity contribution in [3.8, 4) is 0 Å². The van der Waals surface area contributed by atoms with E-state index in [1.54, 1.807) is 6.07 Å². The van der Waals surface area contributed by atoms with E-state index in [0.717, 1.165) is 36.5 Å². The van der Waals surface area contributed by atoms with Crippen LogP contribution in [0.4, 0.5) is 0 Å². The highest BCUT2D eigenvalue weighted by atomic mass is 16.5. The van der Waals surface area contributed by atoms with Crippen LogP contribution in [0.5, 0.6) is 0 Å². The molecule has 2 N–H and O–H groups in total. The zero-order valence-corrected chi connectivity index (χ0v) is 11.4. The number of nitrogens with one attached hydrogen (secondary N) is 2. The molecule has 1 aromatic rings. The van der Waals surface area contributed by atoms with Gasteiger partial charge in [-0.2, -0.15) is 0 Å². The molecule has 2 fully saturated rings. The Morgan fingerprint density at radius 2 is 2.05 bits per heavy atom. The average Bonchev–Trinajstić information content (AvgIpc) is 3.34. The lowest BCUT2D eigenvalue weighted by molar-refractivity contribution is 0.0594. The Hall–Kier alpha value is -1.29. The van der Waals surface area contributed by atoms with Crippen LogP contribution < -0.4 is 5.32 Å². The van der Waals surface area contributed by atoms with Crippen LogP contribution in [0.25, 0.3) is 0 Å². The first-order valence-corrected chi connectivity index (χ1v) is 7.25. The standard InChI is InChI=1S/C15H22N2O2/c1-19-15(18)14-7-6-12(17-14)8-16-9-13(10-2-3-10)11-4-5-11/h6-7,10-11,13,16-17H,2-5,8-9H2,1H3. The van der Waals surface area contributed by atoms with E-state index in [1.807, 2.05) is 6.07 Å². The Balaban J connectivity index is 1.46. The van der Waals surface area contributed by atoms with Crippen molar-refractivity contribution in [3.63, 3.8) is 0 Å². The number of methoxy groups -OCH3 is 1. The minimum Gasteiger partial charge on any atom is -0.464 e. The molecule has 4 heteroatoms. The van der Waals surface area contributed by atoms with Gasteiger partial charge in [0.15, 0.2) is 0 Å². The summed E-state index contributed by atoms with van der Waals surface area (Å²) in [5, 5.41) is 3.53. The van der Waals surface area contributed by atoms with Gasteiger partial charge < -0.3 is 15.0 Å². The number of carbonyl (C=O) groups is 1. The number of aromatic amines is 1. The van der Waals surface area contributed by atoms with Gasteiger partial charge in [0.1, 0.15) is 5.69 Å². The molecule has 0 saturated heterocycles. The highest BCUT2D eigenvalue weighted by Crippen LogP contribution is 2.48. The third kappa shape index (κ3) is 3.18. The van der Waals surface area contributed by atoms with Crippen molar-refractivity contribution in [2.75, 3.05) is 13.7 Å². The molecule has 2 aliphatic rings. The van der Waals surface area contributed by atoms with E-state index in [1.165, 1.54) is 32.8 Å². The molecular formula is C15H22N2O2. The van der Waals surface area contributed by atoms with Gasteiger partial charge in [-0.15, -0.1) is 0 Å². The number of aromatic nitrogens is 1. The maximum Gasteiger partial charge on any atom is 0.354 e. The van der Waals surface area contributed by atoms with Crippen molar-refractivity contribution < 1.29 is 9.53 Å². The molecular weight excluding hydrogens is 240 g/mol. The summed E-state index contributed by atoms with van der Waals surface area (Å²) in [6.07, 6.45) is 5.71. The van der Waals surface area contributed by atoms with Gasteiger partial charge in [-0.25, -0.2) is 4.79 Å². The smallest absolute Gasteiger partial charge is 0.354 e. The van der Waals surface area contributed by atoms with Gasteiger partial charge in [-0.05, 0) is 62.1 Å². The molecule has 0 unspecified atom stereocenters. The maximum absolute atomic E-state index is 11.3. The molecule has 2 saturated carbocycles. The first-order chi connectivity index (χ1) is 9.28. The van der Waals surface area contributed by atoms with Crippen LogP contribution in [0.2, 0.25) is 0 Å². The van der Waals surface area contributed by atoms with Crippen molar-refractivity contribution in [2.45, 2.75) is 32.2 Å². The molecule has 1 aromatic heterocycles. The second kappa shape index (κ2) is 5.37. The molecule has 0 bridgehead atoms. The minimum atomic E-state index is -0.305. The quantitative estimate of drug-likeness (QED) is 0.741. The number of rotatable bonds is 7. The Morgan fingerprint density at radius 3 is 2.63 bits per heavy atom. The van der Waals surface area contributed by atoms with Crippen molar-refractivity contribution >= 4 is 5.97 Å². The van der Waals surface area contributed by atoms with Crippen molar-refractivity contribution in [3.05, 3.63) is 23.5 Å². The highest BCUT2D eigenvalue weighted by Gasteiger charge is 2.40. The molecule has 104 valence electrons. The van der Waals surface area contributed by atoms with E-state index in [0.29, 0.717) is 5.69 Å². The largest absolute Gasteiger partial charge is 0.464 e. The molecule has 1 heterocycles. The zero-order valence-electron chi connectivity index (χ0n) is 11.4. The molecule has 2 aliphatic carbocycles. The van der Waals surface area contributed by atoms with Crippen molar-refractivity contribution in [1.82, 2.24) is 10.3 Å². The van der Waals surface area contributed by atoms with E-state index in [9.17, 15) is 4.79 Å². The Kier molecular flexibility index (Phi) is 3.60. The summed E-state index contributed by atoms with van der Waals surface area (Å²) in [5.74, 6) is 2.54. The lowest BCUT2D eigenvalue weighted by atomic mass is 9.98. The van der Waals surface area contributed by atoms with E-state index < -0.39 is 0 Å². The summed E-state index contributed by atoms with van der Waals surface area (Å²) in [4.78, 5) is 14.4. The van der Waals surface area contributed by atoms with Gasteiger partial charge in [0.2, 0.25) is 0 Å². The number of hydrogen-bond acceptors (Lipinski definition) is 3. The summed E-state index contributed by atoms with van der Waals surface area (Å²) < 4.78 is 4.68. The van der Waals surface area contributed by atoms with Crippen molar-refractivity contribution in [1.29, 1.82) is 0 Å². The number of esters is 1. The molecule has 0 spiro atoms. The molecule has 0 aromatic carbocycles. The molecule has 4 nitrogen and oxygen atoms in total. The SMILES string of the molecule is COC(=O)c1ccc(CNCC(C2CC2)C2CC2)[nH]1. The van der Waals surface area contributed by atoms with Crippen LogP contribution in [0.15, 0.2) is 12.1 Å².